The van der Waals surface area contributed by atoms with E-state index in [0.29, 0.717) is 22.7 Å². The fourth-order valence-electron chi connectivity index (χ4n) is 2.19. The second kappa shape index (κ2) is 4.94. The van der Waals surface area contributed by atoms with Crippen LogP contribution in [0.3, 0.4) is 0 Å². The molecule has 3 rings (SSSR count). The van der Waals surface area contributed by atoms with Gasteiger partial charge in [0.2, 0.25) is 0 Å². The Balaban J connectivity index is 2.16. The summed E-state index contributed by atoms with van der Waals surface area (Å²) in [6, 6.07) is 10.2. The summed E-state index contributed by atoms with van der Waals surface area (Å²) in [5.41, 5.74) is 1.33. The molecule has 0 aliphatic carbocycles. The van der Waals surface area contributed by atoms with Crippen LogP contribution in [0.25, 0.3) is 21.9 Å². The largest absolute Gasteiger partial charge is 0.456 e. The van der Waals surface area contributed by atoms with Crippen molar-refractivity contribution in [3.63, 3.8) is 0 Å². The number of hydrogen-bond acceptors (Lipinski definition) is 5. The standard InChI is InChI=1S/C16H12O5/c1-9(17)19-11-3-5-15-13(7-11)14-8-12(20-10(2)18)4-6-16(14)21-15/h3-8H,1-2H3. The van der Waals surface area contributed by atoms with Crippen LogP contribution in [0.15, 0.2) is 40.8 Å². The maximum Gasteiger partial charge on any atom is 0.308 e. The summed E-state index contributed by atoms with van der Waals surface area (Å²) in [5, 5.41) is 1.58. The number of furan rings is 1. The number of carbonyl (C=O) groups is 2. The predicted octanol–water partition coefficient (Wildman–Crippen LogP) is 3.44. The Morgan fingerprint density at radius 2 is 1.24 bits per heavy atom. The zero-order chi connectivity index (χ0) is 15.0. The normalized spacial score (nSPS) is 10.8. The molecule has 0 radical (unpaired) electrons. The number of benzene rings is 2. The Hall–Kier alpha value is -2.82. The van der Waals surface area contributed by atoms with Gasteiger partial charge in [0.05, 0.1) is 0 Å². The minimum absolute atomic E-state index is 0.386. The Morgan fingerprint density at radius 3 is 1.62 bits per heavy atom. The lowest BCUT2D eigenvalue weighted by Gasteiger charge is -2.01. The zero-order valence-electron chi connectivity index (χ0n) is 11.5. The van der Waals surface area contributed by atoms with Crippen LogP contribution in [0, 0.1) is 0 Å². The van der Waals surface area contributed by atoms with E-state index in [-0.39, 0.29) is 11.9 Å². The summed E-state index contributed by atoms with van der Waals surface area (Å²) in [6.45, 7) is 2.69. The Labute approximate surface area is 120 Å². The molecule has 0 amide bonds. The molecule has 0 bridgehead atoms. The van der Waals surface area contributed by atoms with Crippen molar-refractivity contribution in [1.29, 1.82) is 0 Å². The van der Waals surface area contributed by atoms with Crippen molar-refractivity contribution in [1.82, 2.24) is 0 Å². The van der Waals surface area contributed by atoms with Gasteiger partial charge in [-0.05, 0) is 36.4 Å². The van der Waals surface area contributed by atoms with Gasteiger partial charge in [-0.1, -0.05) is 0 Å². The maximum absolute atomic E-state index is 11.0. The summed E-state index contributed by atoms with van der Waals surface area (Å²) in [7, 11) is 0. The van der Waals surface area contributed by atoms with E-state index in [0.717, 1.165) is 10.8 Å². The lowest BCUT2D eigenvalue weighted by atomic mass is 10.1. The van der Waals surface area contributed by atoms with Gasteiger partial charge in [0.1, 0.15) is 22.7 Å². The lowest BCUT2D eigenvalue weighted by Crippen LogP contribution is -2.01. The molecule has 1 aromatic heterocycles. The molecule has 0 saturated carbocycles. The monoisotopic (exact) mass is 284 g/mol. The molecule has 21 heavy (non-hydrogen) atoms. The first-order valence-corrected chi connectivity index (χ1v) is 6.36. The van der Waals surface area contributed by atoms with Gasteiger partial charge in [-0.25, -0.2) is 0 Å². The van der Waals surface area contributed by atoms with Crippen LogP contribution < -0.4 is 9.47 Å². The highest BCUT2D eigenvalue weighted by atomic mass is 16.5. The number of esters is 2. The molecule has 2 aromatic carbocycles. The van der Waals surface area contributed by atoms with E-state index < -0.39 is 0 Å². The highest BCUT2D eigenvalue weighted by Crippen LogP contribution is 2.33. The molecule has 0 N–H and O–H groups in total. The number of ether oxygens (including phenoxy) is 2. The molecule has 5 heteroatoms. The van der Waals surface area contributed by atoms with E-state index in [1.807, 2.05) is 0 Å². The molecule has 3 aromatic rings. The van der Waals surface area contributed by atoms with Gasteiger partial charge >= 0.3 is 11.9 Å². The summed E-state index contributed by atoms with van der Waals surface area (Å²) in [6.07, 6.45) is 0. The van der Waals surface area contributed by atoms with Crippen LogP contribution >= 0.6 is 0 Å². The second-order valence-electron chi connectivity index (χ2n) is 4.61. The molecule has 106 valence electrons. The molecule has 0 aliphatic heterocycles. The Kier molecular flexibility index (Phi) is 3.10. The van der Waals surface area contributed by atoms with Crippen molar-refractivity contribution >= 4 is 33.9 Å². The van der Waals surface area contributed by atoms with Crippen molar-refractivity contribution in [2.24, 2.45) is 0 Å². The molecule has 0 fully saturated rings. The van der Waals surface area contributed by atoms with Crippen molar-refractivity contribution in [2.45, 2.75) is 13.8 Å². The molecule has 0 aliphatic rings. The van der Waals surface area contributed by atoms with E-state index in [2.05, 4.69) is 0 Å². The van der Waals surface area contributed by atoms with Crippen LogP contribution in [0.4, 0.5) is 0 Å². The molecule has 0 spiro atoms. The second-order valence-corrected chi connectivity index (χ2v) is 4.61. The fraction of sp³-hybridized carbons (Fsp3) is 0.125. The summed E-state index contributed by atoms with van der Waals surface area (Å²) in [5.74, 6) is 0.108. The minimum Gasteiger partial charge on any atom is -0.456 e. The van der Waals surface area contributed by atoms with Crippen LogP contribution in [0.2, 0.25) is 0 Å². The first-order chi connectivity index (χ1) is 10.0. The van der Waals surface area contributed by atoms with Gasteiger partial charge in [-0.2, -0.15) is 0 Å². The van der Waals surface area contributed by atoms with E-state index in [4.69, 9.17) is 13.9 Å². The third-order valence-corrected chi connectivity index (χ3v) is 2.94. The highest BCUT2D eigenvalue weighted by molar-refractivity contribution is 6.06. The number of rotatable bonds is 2. The molecule has 5 nitrogen and oxygen atoms in total. The van der Waals surface area contributed by atoms with Crippen LogP contribution in [-0.2, 0) is 9.59 Å². The minimum atomic E-state index is -0.386. The van der Waals surface area contributed by atoms with Crippen molar-refractivity contribution in [3.8, 4) is 11.5 Å². The fourth-order valence-corrected chi connectivity index (χ4v) is 2.19. The SMILES string of the molecule is CC(=O)Oc1ccc2oc3ccc(OC(C)=O)cc3c2c1. The number of carbonyl (C=O) groups excluding carboxylic acids is 2. The molecular weight excluding hydrogens is 272 g/mol. The number of hydrogen-bond donors (Lipinski definition) is 0. The third kappa shape index (κ3) is 2.58. The van der Waals surface area contributed by atoms with Crippen molar-refractivity contribution in [2.75, 3.05) is 0 Å². The number of fused-ring (bicyclic) bond motifs is 3. The summed E-state index contributed by atoms with van der Waals surface area (Å²) < 4.78 is 15.8. The van der Waals surface area contributed by atoms with Gasteiger partial charge in [-0.3, -0.25) is 9.59 Å². The van der Waals surface area contributed by atoms with E-state index in [1.165, 1.54) is 13.8 Å². The van der Waals surface area contributed by atoms with Gasteiger partial charge < -0.3 is 13.9 Å². The predicted molar refractivity (Wildman–Crippen MR) is 76.3 cm³/mol. The summed E-state index contributed by atoms with van der Waals surface area (Å²) >= 11 is 0. The summed E-state index contributed by atoms with van der Waals surface area (Å²) in [4.78, 5) is 22.0. The van der Waals surface area contributed by atoms with Gasteiger partial charge in [0.25, 0.3) is 0 Å². The molecule has 0 unspecified atom stereocenters. The maximum atomic E-state index is 11.0. The lowest BCUT2D eigenvalue weighted by molar-refractivity contribution is -0.132. The Morgan fingerprint density at radius 1 is 0.810 bits per heavy atom. The van der Waals surface area contributed by atoms with Crippen LogP contribution in [-0.4, -0.2) is 11.9 Å². The van der Waals surface area contributed by atoms with E-state index >= 15 is 0 Å². The van der Waals surface area contributed by atoms with Crippen LogP contribution in [0.1, 0.15) is 13.8 Å². The molecule has 0 atom stereocenters. The molecular formula is C16H12O5. The average molecular weight is 284 g/mol. The van der Waals surface area contributed by atoms with Crippen molar-refractivity contribution < 1.29 is 23.5 Å². The van der Waals surface area contributed by atoms with Gasteiger partial charge in [0.15, 0.2) is 0 Å². The van der Waals surface area contributed by atoms with Crippen LogP contribution in [0.5, 0.6) is 11.5 Å². The zero-order valence-corrected chi connectivity index (χ0v) is 11.5. The van der Waals surface area contributed by atoms with E-state index in [9.17, 15) is 9.59 Å². The average Bonchev–Trinajstić information content (AvgIpc) is 2.75. The van der Waals surface area contributed by atoms with Gasteiger partial charge in [0, 0.05) is 24.6 Å². The smallest absolute Gasteiger partial charge is 0.308 e. The topological polar surface area (TPSA) is 65.7 Å². The van der Waals surface area contributed by atoms with Crippen molar-refractivity contribution in [3.05, 3.63) is 36.4 Å². The quantitative estimate of drug-likeness (QED) is 0.532. The third-order valence-electron chi connectivity index (χ3n) is 2.94. The van der Waals surface area contributed by atoms with E-state index in [1.54, 1.807) is 36.4 Å². The Bertz CT molecular complexity index is 789. The molecule has 1 heterocycles. The first-order valence-electron chi connectivity index (χ1n) is 6.36. The van der Waals surface area contributed by atoms with Gasteiger partial charge in [-0.15, -0.1) is 0 Å². The highest BCUT2D eigenvalue weighted by Gasteiger charge is 2.10. The molecule has 0 saturated heterocycles. The first kappa shape index (κ1) is 13.2.